The van der Waals surface area contributed by atoms with Gasteiger partial charge < -0.3 is 4.74 Å². The van der Waals surface area contributed by atoms with Gasteiger partial charge in [-0.05, 0) is 66.5 Å². The summed E-state index contributed by atoms with van der Waals surface area (Å²) >= 11 is -1.83. The lowest BCUT2D eigenvalue weighted by molar-refractivity contribution is -0.128. The summed E-state index contributed by atoms with van der Waals surface area (Å²) < 4.78 is 28.2. The number of rotatable bonds is 6. The zero-order chi connectivity index (χ0) is 25.9. The van der Waals surface area contributed by atoms with Crippen molar-refractivity contribution in [2.45, 2.75) is 104 Å². The Morgan fingerprint density at radius 3 is 2.14 bits per heavy atom. The number of hydrogen-bond donors (Lipinski definition) is 0. The fourth-order valence-electron chi connectivity index (χ4n) is 5.63. The predicted octanol–water partition coefficient (Wildman–Crippen LogP) is 6.32. The van der Waals surface area contributed by atoms with E-state index < -0.39 is 11.4 Å². The van der Waals surface area contributed by atoms with E-state index in [4.69, 9.17) is 19.5 Å². The van der Waals surface area contributed by atoms with Crippen LogP contribution in [0.25, 0.3) is 0 Å². The minimum atomic E-state index is -1.83. The lowest BCUT2D eigenvalue weighted by atomic mass is 9.70. The summed E-state index contributed by atoms with van der Waals surface area (Å²) in [5, 5.41) is 0. The zero-order valence-electron chi connectivity index (χ0n) is 22.2. The average molecular weight is 503 g/mol. The number of fused-ring (bicyclic) bond motifs is 2. The molecule has 0 heterocycles. The Morgan fingerprint density at radius 2 is 1.69 bits per heavy atom. The molecule has 5 nitrogen and oxygen atoms in total. The van der Waals surface area contributed by atoms with E-state index >= 15 is 0 Å². The van der Waals surface area contributed by atoms with Crippen LogP contribution in [0.2, 0.25) is 0 Å². The van der Waals surface area contributed by atoms with Crippen LogP contribution in [0.3, 0.4) is 0 Å². The number of carbonyl (C=O) groups excluding carboxylic acids is 1. The maximum absolute atomic E-state index is 11.7. The van der Waals surface area contributed by atoms with Gasteiger partial charge in [-0.3, -0.25) is 13.2 Å². The Bertz CT molecular complexity index is 939. The van der Waals surface area contributed by atoms with Gasteiger partial charge in [0.25, 0.3) is 0 Å². The summed E-state index contributed by atoms with van der Waals surface area (Å²) in [5.41, 5.74) is 1.68. The molecule has 3 fully saturated rings. The highest BCUT2D eigenvalue weighted by Crippen LogP contribution is 2.63. The van der Waals surface area contributed by atoms with Crippen molar-refractivity contribution in [3.05, 3.63) is 29.8 Å². The zero-order valence-corrected chi connectivity index (χ0v) is 23.0. The molecule has 4 rings (SSSR count). The molecule has 0 aliphatic heterocycles. The van der Waals surface area contributed by atoms with Gasteiger partial charge in [0.15, 0.2) is 0 Å². The Kier molecular flexibility index (Phi) is 8.89. The second-order valence-corrected chi connectivity index (χ2v) is 12.8. The molecule has 1 aromatic carbocycles. The molecule has 3 aliphatic rings. The minimum Gasteiger partial charge on any atom is -0.488 e. The van der Waals surface area contributed by atoms with E-state index in [0.29, 0.717) is 11.7 Å². The second-order valence-electron chi connectivity index (χ2n) is 11.9. The number of hydrogen-bond acceptors (Lipinski definition) is 5. The topological polar surface area (TPSA) is 61.8 Å². The summed E-state index contributed by atoms with van der Waals surface area (Å²) in [6, 6.07) is 8.14. The first-order valence-electron chi connectivity index (χ1n) is 12.8. The molecule has 0 amide bonds. The number of ketones is 1. The van der Waals surface area contributed by atoms with E-state index in [0.717, 1.165) is 44.3 Å². The molecule has 0 aromatic heterocycles. The maximum atomic E-state index is 11.7. The van der Waals surface area contributed by atoms with Crippen LogP contribution < -0.4 is 4.74 Å². The second kappa shape index (κ2) is 11.2. The van der Waals surface area contributed by atoms with Crippen molar-refractivity contribution in [2.24, 2.45) is 16.7 Å². The van der Waals surface area contributed by atoms with E-state index in [1.165, 1.54) is 12.0 Å². The SMILES string of the molecule is C#CCOS(=O)OC1CCCCC1Oc1ccc(C(C)(C)C)cc1.CC12CCC(CC1=O)C2(C)C. The molecule has 0 radical (unpaired) electrons. The summed E-state index contributed by atoms with van der Waals surface area (Å²) in [6.45, 7) is 13.2. The quantitative estimate of drug-likeness (QED) is 0.426. The maximum Gasteiger partial charge on any atom is 0.305 e. The van der Waals surface area contributed by atoms with E-state index in [2.05, 4.69) is 59.6 Å². The molecule has 3 saturated carbocycles. The standard InChI is InChI=1S/C19H26O4S.C10H16O/c1-5-14-21-24(20)23-18-9-7-6-8-17(18)22-16-12-10-15(11-13-16)19(2,3)4;1-9(2)7-4-5-10(9,3)8(11)6-7/h1,10-13,17-18H,6-9,14H2,2-4H3;7H,4-6H2,1-3H3. The van der Waals surface area contributed by atoms with E-state index in [-0.39, 0.29) is 35.1 Å². The first-order valence-corrected chi connectivity index (χ1v) is 13.8. The van der Waals surface area contributed by atoms with Gasteiger partial charge in [0.05, 0.1) is 0 Å². The molecule has 2 bridgehead atoms. The monoisotopic (exact) mass is 502 g/mol. The highest BCUT2D eigenvalue weighted by Gasteiger charge is 2.61. The fraction of sp³-hybridized carbons (Fsp3) is 0.690. The van der Waals surface area contributed by atoms with Crippen LogP contribution in [-0.4, -0.2) is 28.8 Å². The molecule has 0 saturated heterocycles. The molecule has 3 aliphatic carbocycles. The molecule has 0 spiro atoms. The lowest BCUT2D eigenvalue weighted by Gasteiger charge is -2.32. The molecule has 1 aromatic rings. The van der Waals surface area contributed by atoms with Gasteiger partial charge in [-0.25, -0.2) is 0 Å². The van der Waals surface area contributed by atoms with E-state index in [1.54, 1.807) is 0 Å². The van der Waals surface area contributed by atoms with Crippen LogP contribution in [0, 0.1) is 29.1 Å². The van der Waals surface area contributed by atoms with Gasteiger partial charge in [-0.2, -0.15) is 4.21 Å². The van der Waals surface area contributed by atoms with Crippen molar-refractivity contribution in [1.29, 1.82) is 0 Å². The molecule has 35 heavy (non-hydrogen) atoms. The van der Waals surface area contributed by atoms with Crippen LogP contribution in [0.1, 0.15) is 92.1 Å². The third kappa shape index (κ3) is 6.37. The average Bonchev–Trinajstić information content (AvgIpc) is 3.12. The van der Waals surface area contributed by atoms with Crippen LogP contribution in [0.5, 0.6) is 5.75 Å². The Hall–Kier alpha value is -1.68. The number of Topliss-reactive ketones (excluding diaryl/α,β-unsaturated/α-hetero) is 1. The fourth-order valence-corrected chi connectivity index (χ4v) is 6.27. The number of carbonyl (C=O) groups is 1. The van der Waals surface area contributed by atoms with Crippen molar-refractivity contribution in [3.8, 4) is 18.1 Å². The normalized spacial score (nSPS) is 30.2. The van der Waals surface area contributed by atoms with E-state index in [9.17, 15) is 9.00 Å². The van der Waals surface area contributed by atoms with Crippen LogP contribution in [0.4, 0.5) is 0 Å². The smallest absolute Gasteiger partial charge is 0.305 e. The molecule has 194 valence electrons. The number of benzene rings is 1. The summed E-state index contributed by atoms with van der Waals surface area (Å²) in [4.78, 5) is 11.6. The van der Waals surface area contributed by atoms with E-state index in [1.807, 2.05) is 12.1 Å². The number of terminal acetylenes is 1. The third-order valence-electron chi connectivity index (χ3n) is 8.57. The van der Waals surface area contributed by atoms with Gasteiger partial charge in [0, 0.05) is 11.8 Å². The molecular formula is C29H42O5S. The van der Waals surface area contributed by atoms with Gasteiger partial charge in [-0.1, -0.05) is 66.0 Å². The molecular weight excluding hydrogens is 460 g/mol. The van der Waals surface area contributed by atoms with Crippen molar-refractivity contribution in [2.75, 3.05) is 6.61 Å². The molecule has 5 atom stereocenters. The predicted molar refractivity (Wildman–Crippen MR) is 140 cm³/mol. The first-order chi connectivity index (χ1) is 16.4. The highest BCUT2D eigenvalue weighted by atomic mass is 32.2. The van der Waals surface area contributed by atoms with Crippen LogP contribution >= 0.6 is 0 Å². The van der Waals surface area contributed by atoms with Crippen LogP contribution in [-0.2, 0) is 29.9 Å². The van der Waals surface area contributed by atoms with Gasteiger partial charge in [0.2, 0.25) is 0 Å². The van der Waals surface area contributed by atoms with Crippen molar-refractivity contribution < 1.29 is 22.1 Å². The van der Waals surface area contributed by atoms with Gasteiger partial charge in [-0.15, -0.1) is 6.42 Å². The lowest BCUT2D eigenvalue weighted by Crippen LogP contribution is -2.37. The first kappa shape index (κ1) is 27.9. The summed E-state index contributed by atoms with van der Waals surface area (Å²) in [7, 11) is 0. The Labute approximate surface area is 214 Å². The highest BCUT2D eigenvalue weighted by molar-refractivity contribution is 7.75. The van der Waals surface area contributed by atoms with Crippen molar-refractivity contribution in [1.82, 2.24) is 0 Å². The summed E-state index contributed by atoms with van der Waals surface area (Å²) in [5.74, 6) is 4.28. The van der Waals surface area contributed by atoms with Gasteiger partial charge >= 0.3 is 11.4 Å². The third-order valence-corrected chi connectivity index (χ3v) is 9.29. The largest absolute Gasteiger partial charge is 0.488 e. The summed E-state index contributed by atoms with van der Waals surface area (Å²) in [6.07, 6.45) is 11.7. The van der Waals surface area contributed by atoms with Crippen LogP contribution in [0.15, 0.2) is 24.3 Å². The molecule has 6 heteroatoms. The Morgan fingerprint density at radius 1 is 1.06 bits per heavy atom. The Balaban J connectivity index is 0.000000256. The van der Waals surface area contributed by atoms with Crippen molar-refractivity contribution >= 4 is 17.1 Å². The molecule has 5 unspecified atom stereocenters. The molecule has 0 N–H and O–H groups in total. The number of ether oxygens (including phenoxy) is 1. The van der Waals surface area contributed by atoms with Crippen molar-refractivity contribution in [3.63, 3.8) is 0 Å². The minimum absolute atomic E-state index is 0.0255. The van der Waals surface area contributed by atoms with Gasteiger partial charge in [0.1, 0.15) is 30.3 Å².